The van der Waals surface area contributed by atoms with Crippen molar-refractivity contribution in [2.75, 3.05) is 21.1 Å². The third-order valence-corrected chi connectivity index (χ3v) is 4.50. The second-order valence-electron chi connectivity index (χ2n) is 7.14. The van der Waals surface area contributed by atoms with Crippen LogP contribution in [0.2, 0.25) is 0 Å². The summed E-state index contributed by atoms with van der Waals surface area (Å²) in [6.45, 7) is 22.2. The molecule has 0 unspecified atom stereocenters. The van der Waals surface area contributed by atoms with Crippen LogP contribution in [0.1, 0.15) is 49.9 Å². The summed E-state index contributed by atoms with van der Waals surface area (Å²) in [5, 5.41) is 6.02. The first-order valence-electron chi connectivity index (χ1n) is 12.8. The maximum atomic E-state index is 5.90. The van der Waals surface area contributed by atoms with E-state index in [9.17, 15) is 0 Å². The third kappa shape index (κ3) is 15.2. The minimum atomic E-state index is -0.591. The molecular weight excluding hydrogens is 452 g/mol. The summed E-state index contributed by atoms with van der Waals surface area (Å²) in [6.07, 6.45) is 1.86. The molecule has 3 rings (SSSR count). The minimum Gasteiger partial charge on any atom is -0.370 e. The zero-order valence-electron chi connectivity index (χ0n) is 24.8. The van der Waals surface area contributed by atoms with Gasteiger partial charge >= 0.3 is 0 Å². The molecule has 0 bridgehead atoms. The third-order valence-electron chi connectivity index (χ3n) is 4.50. The normalized spacial score (nSPS) is 9.38. The van der Waals surface area contributed by atoms with E-state index in [0.29, 0.717) is 5.96 Å². The molecular formula is C33H52N4. The first-order valence-corrected chi connectivity index (χ1v) is 12.8. The number of nitrogens with two attached hydrogens (primary N) is 1. The summed E-state index contributed by atoms with van der Waals surface area (Å²) in [7, 11) is 5.41. The molecule has 0 aromatic heterocycles. The molecule has 0 aliphatic heterocycles. The Labute approximate surface area is 228 Å². The summed E-state index contributed by atoms with van der Waals surface area (Å²) in [5.41, 5.74) is 10.1. The van der Waals surface area contributed by atoms with Crippen LogP contribution in [-0.2, 0) is 5.54 Å². The Balaban J connectivity index is -0.000000563. The maximum absolute atomic E-state index is 5.90. The van der Waals surface area contributed by atoms with E-state index in [2.05, 4.69) is 73.5 Å². The van der Waals surface area contributed by atoms with Crippen molar-refractivity contribution in [3.63, 3.8) is 0 Å². The highest BCUT2D eigenvalue weighted by Crippen LogP contribution is 2.30. The summed E-state index contributed by atoms with van der Waals surface area (Å²) >= 11 is 0. The van der Waals surface area contributed by atoms with Gasteiger partial charge in [-0.15, -0.1) is 19.7 Å². The van der Waals surface area contributed by atoms with E-state index >= 15 is 0 Å². The average molecular weight is 505 g/mol. The number of hydrogen-bond acceptors (Lipinski definition) is 2. The minimum absolute atomic E-state index is 0.373. The van der Waals surface area contributed by atoms with E-state index in [-0.39, 0.29) is 0 Å². The predicted molar refractivity (Wildman–Crippen MR) is 169 cm³/mol. The van der Waals surface area contributed by atoms with Crippen LogP contribution in [0, 0.1) is 13.8 Å². The molecule has 0 amide bonds. The zero-order chi connectivity index (χ0) is 29.1. The van der Waals surface area contributed by atoms with Gasteiger partial charge in [-0.1, -0.05) is 130 Å². The molecule has 0 saturated carbocycles. The molecule has 204 valence electrons. The van der Waals surface area contributed by atoms with Crippen LogP contribution in [-0.4, -0.2) is 27.1 Å². The van der Waals surface area contributed by atoms with Crippen molar-refractivity contribution in [1.29, 1.82) is 0 Å². The van der Waals surface area contributed by atoms with Gasteiger partial charge in [0.2, 0.25) is 0 Å². The summed E-state index contributed by atoms with van der Waals surface area (Å²) in [4.78, 5) is 4.01. The molecule has 0 aliphatic carbocycles. The molecule has 0 spiro atoms. The first kappa shape index (κ1) is 37.9. The van der Waals surface area contributed by atoms with Crippen molar-refractivity contribution in [2.24, 2.45) is 10.7 Å². The van der Waals surface area contributed by atoms with Gasteiger partial charge in [0.15, 0.2) is 5.96 Å². The molecule has 0 fully saturated rings. The Hall–Kier alpha value is -3.63. The van der Waals surface area contributed by atoms with Gasteiger partial charge in [0.05, 0.1) is 0 Å². The molecule has 0 radical (unpaired) electrons. The van der Waals surface area contributed by atoms with Crippen molar-refractivity contribution in [2.45, 2.75) is 47.1 Å². The number of aliphatic imine (C=N–C) groups is 1. The van der Waals surface area contributed by atoms with Crippen molar-refractivity contribution in [1.82, 2.24) is 10.6 Å². The summed E-state index contributed by atoms with van der Waals surface area (Å²) < 4.78 is 0. The van der Waals surface area contributed by atoms with Gasteiger partial charge in [-0.2, -0.15) is 0 Å². The van der Waals surface area contributed by atoms with E-state index < -0.39 is 5.54 Å². The molecule has 0 atom stereocenters. The second kappa shape index (κ2) is 25.5. The second-order valence-corrected chi connectivity index (χ2v) is 7.14. The molecule has 4 nitrogen and oxygen atoms in total. The Morgan fingerprint density at radius 1 is 0.757 bits per heavy atom. The molecule has 0 aliphatic rings. The molecule has 37 heavy (non-hydrogen) atoms. The van der Waals surface area contributed by atoms with Gasteiger partial charge in [-0.3, -0.25) is 4.99 Å². The lowest BCUT2D eigenvalue weighted by Gasteiger charge is -2.33. The standard InChI is InChI=1S/C17H19N3.C8H10.C2H7N.2C2H6.C2H4/c1-3-17(20-16(18)19-2,14-10-6-4-7-11-14)15-12-8-5-9-13-15;1-7-4-3-5-8(2)6-7;1-3-2;3*1-2/h3-13H,1H2,2H3,(H3,18,19,20);3-6H,1-2H3;3H,1-2H3;2*1-2H3;1-2H2. The lowest BCUT2D eigenvalue weighted by molar-refractivity contribution is 0.595. The monoisotopic (exact) mass is 504 g/mol. The number of rotatable bonds is 4. The number of benzene rings is 3. The Bertz CT molecular complexity index is 878. The average Bonchev–Trinajstić information content (AvgIpc) is 2.96. The zero-order valence-corrected chi connectivity index (χ0v) is 24.8. The SMILES string of the molecule is C=C.C=CC(NC(N)=NC)(c1ccccc1)c1ccccc1.CC.CC.CNC.Cc1cccc(C)c1. The van der Waals surface area contributed by atoms with Crippen LogP contribution >= 0.6 is 0 Å². The largest absolute Gasteiger partial charge is 0.370 e. The predicted octanol–water partition coefficient (Wildman–Crippen LogP) is 7.64. The van der Waals surface area contributed by atoms with E-state index in [0.717, 1.165) is 11.1 Å². The number of hydrogen-bond donors (Lipinski definition) is 3. The first-order chi connectivity index (χ1) is 17.9. The van der Waals surface area contributed by atoms with Gasteiger partial charge in [-0.25, -0.2) is 0 Å². The maximum Gasteiger partial charge on any atom is 0.189 e. The molecule has 3 aromatic rings. The van der Waals surface area contributed by atoms with E-state index in [4.69, 9.17) is 5.73 Å². The summed E-state index contributed by atoms with van der Waals surface area (Å²) in [6, 6.07) is 28.6. The van der Waals surface area contributed by atoms with E-state index in [1.807, 2.05) is 109 Å². The lowest BCUT2D eigenvalue weighted by Crippen LogP contribution is -2.48. The highest BCUT2D eigenvalue weighted by Gasteiger charge is 2.31. The van der Waals surface area contributed by atoms with Gasteiger partial charge in [0.25, 0.3) is 0 Å². The van der Waals surface area contributed by atoms with Crippen LogP contribution < -0.4 is 16.4 Å². The topological polar surface area (TPSA) is 62.4 Å². The van der Waals surface area contributed by atoms with Gasteiger partial charge in [0, 0.05) is 7.05 Å². The number of nitrogens with zero attached hydrogens (tertiary/aromatic N) is 1. The molecule has 3 aromatic carbocycles. The highest BCUT2D eigenvalue weighted by molar-refractivity contribution is 5.80. The quantitative estimate of drug-likeness (QED) is 0.194. The smallest absolute Gasteiger partial charge is 0.189 e. The molecule has 4 heteroatoms. The fourth-order valence-electron chi connectivity index (χ4n) is 3.06. The Morgan fingerprint density at radius 2 is 1.11 bits per heavy atom. The molecule has 0 heterocycles. The number of aryl methyl sites for hydroxylation is 2. The van der Waals surface area contributed by atoms with Crippen molar-refractivity contribution >= 4 is 5.96 Å². The van der Waals surface area contributed by atoms with Gasteiger partial charge in [0.1, 0.15) is 5.54 Å². The van der Waals surface area contributed by atoms with Gasteiger partial charge in [-0.05, 0) is 39.1 Å². The van der Waals surface area contributed by atoms with Crippen molar-refractivity contribution < 1.29 is 0 Å². The molecule has 0 saturated heterocycles. The van der Waals surface area contributed by atoms with Crippen LogP contribution in [0.4, 0.5) is 0 Å². The summed E-state index contributed by atoms with van der Waals surface area (Å²) in [5.74, 6) is 0.373. The van der Waals surface area contributed by atoms with Crippen molar-refractivity contribution in [3.05, 3.63) is 133 Å². The Kier molecular flexibility index (Phi) is 26.1. The van der Waals surface area contributed by atoms with Gasteiger partial charge < -0.3 is 16.4 Å². The fourth-order valence-corrected chi connectivity index (χ4v) is 3.06. The number of nitrogens with one attached hydrogen (secondary N) is 2. The van der Waals surface area contributed by atoms with Crippen molar-refractivity contribution in [3.8, 4) is 0 Å². The van der Waals surface area contributed by atoms with Crippen LogP contribution in [0.15, 0.2) is 116 Å². The molecule has 4 N–H and O–H groups in total. The number of guanidine groups is 1. The highest BCUT2D eigenvalue weighted by atomic mass is 15.1. The lowest BCUT2D eigenvalue weighted by atomic mass is 9.83. The fraction of sp³-hybridized carbons (Fsp3) is 0.303. The van der Waals surface area contributed by atoms with Crippen LogP contribution in [0.25, 0.3) is 0 Å². The van der Waals surface area contributed by atoms with E-state index in [1.54, 1.807) is 7.05 Å². The van der Waals surface area contributed by atoms with E-state index in [1.165, 1.54) is 11.1 Å². The van der Waals surface area contributed by atoms with Crippen LogP contribution in [0.3, 0.4) is 0 Å². The Morgan fingerprint density at radius 3 is 1.35 bits per heavy atom. The van der Waals surface area contributed by atoms with Crippen LogP contribution in [0.5, 0.6) is 0 Å².